The van der Waals surface area contributed by atoms with E-state index in [4.69, 9.17) is 0 Å². The molecule has 1 aliphatic carbocycles. The zero-order valence-corrected chi connectivity index (χ0v) is 7.59. The third-order valence-corrected chi connectivity index (χ3v) is 2.13. The highest BCUT2D eigenvalue weighted by atomic mass is 14.1. The molecular formula is C11H16. The molecule has 0 spiro atoms. The molecule has 0 amide bonds. The molecule has 0 fully saturated rings. The Balaban J connectivity index is 2.89. The van der Waals surface area contributed by atoms with E-state index in [0.29, 0.717) is 5.92 Å². The Labute approximate surface area is 69.3 Å². The first-order chi connectivity index (χ1) is 5.22. The Morgan fingerprint density at radius 1 is 1.27 bits per heavy atom. The number of rotatable bonds is 1. The largest absolute Gasteiger partial charge is 0.0804 e. The van der Waals surface area contributed by atoms with Crippen molar-refractivity contribution in [1.29, 1.82) is 0 Å². The summed E-state index contributed by atoms with van der Waals surface area (Å²) in [6, 6.07) is 0. The molecule has 0 aromatic carbocycles. The summed E-state index contributed by atoms with van der Waals surface area (Å²) in [4.78, 5) is 0. The number of allylic oxidation sites excluding steroid dienone is 6. The third-order valence-electron chi connectivity index (χ3n) is 2.13. The first kappa shape index (κ1) is 8.32. The van der Waals surface area contributed by atoms with Crippen molar-refractivity contribution >= 4 is 0 Å². The van der Waals surface area contributed by atoms with Crippen molar-refractivity contribution in [3.05, 3.63) is 35.5 Å². The summed E-state index contributed by atoms with van der Waals surface area (Å²) in [6.07, 6.45) is 9.78. The van der Waals surface area contributed by atoms with Crippen LogP contribution in [0.15, 0.2) is 35.5 Å². The maximum atomic E-state index is 2.26. The summed E-state index contributed by atoms with van der Waals surface area (Å²) in [5, 5.41) is 0. The van der Waals surface area contributed by atoms with E-state index in [0.717, 1.165) is 6.42 Å². The summed E-state index contributed by atoms with van der Waals surface area (Å²) in [5.41, 5.74) is 3.00. The standard InChI is InChI=1S/C11H16/c1-9(2)11-8-6-4-5-7-10(11)3/h4-7,9H,8H2,1-3H3. The van der Waals surface area contributed by atoms with Crippen LogP contribution in [0, 0.1) is 5.92 Å². The molecule has 0 unspecified atom stereocenters. The van der Waals surface area contributed by atoms with Gasteiger partial charge in [-0.15, -0.1) is 0 Å². The quantitative estimate of drug-likeness (QED) is 0.534. The summed E-state index contributed by atoms with van der Waals surface area (Å²) < 4.78 is 0. The van der Waals surface area contributed by atoms with Gasteiger partial charge in [0.05, 0.1) is 0 Å². The van der Waals surface area contributed by atoms with Crippen molar-refractivity contribution in [2.24, 2.45) is 5.92 Å². The SMILES string of the molecule is CC1=C(C(C)C)CC=CC=C1. The molecular weight excluding hydrogens is 132 g/mol. The van der Waals surface area contributed by atoms with Gasteiger partial charge in [-0.2, -0.15) is 0 Å². The lowest BCUT2D eigenvalue weighted by Gasteiger charge is -2.10. The van der Waals surface area contributed by atoms with Gasteiger partial charge in [0.25, 0.3) is 0 Å². The predicted octanol–water partition coefficient (Wildman–Crippen LogP) is 3.48. The number of hydrogen-bond donors (Lipinski definition) is 0. The molecule has 0 atom stereocenters. The molecule has 60 valence electrons. The number of hydrogen-bond acceptors (Lipinski definition) is 0. The van der Waals surface area contributed by atoms with Gasteiger partial charge in [-0.25, -0.2) is 0 Å². The van der Waals surface area contributed by atoms with E-state index < -0.39 is 0 Å². The van der Waals surface area contributed by atoms with E-state index in [-0.39, 0.29) is 0 Å². The molecule has 0 heterocycles. The Kier molecular flexibility index (Phi) is 2.70. The van der Waals surface area contributed by atoms with Gasteiger partial charge in [0.15, 0.2) is 0 Å². The maximum Gasteiger partial charge on any atom is -0.0127 e. The zero-order chi connectivity index (χ0) is 8.27. The zero-order valence-electron chi connectivity index (χ0n) is 7.59. The molecule has 0 aliphatic heterocycles. The Morgan fingerprint density at radius 3 is 2.64 bits per heavy atom. The van der Waals surface area contributed by atoms with Gasteiger partial charge in [-0.1, -0.05) is 49.3 Å². The topological polar surface area (TPSA) is 0 Å². The van der Waals surface area contributed by atoms with Crippen molar-refractivity contribution in [1.82, 2.24) is 0 Å². The predicted molar refractivity (Wildman–Crippen MR) is 50.4 cm³/mol. The second kappa shape index (κ2) is 3.56. The van der Waals surface area contributed by atoms with Crippen molar-refractivity contribution in [2.45, 2.75) is 27.2 Å². The molecule has 1 rings (SSSR count). The normalized spacial score (nSPS) is 17.8. The smallest absolute Gasteiger partial charge is 0.0127 e. The molecule has 0 radical (unpaired) electrons. The second-order valence-corrected chi connectivity index (χ2v) is 3.35. The molecule has 0 saturated carbocycles. The average Bonchev–Trinajstić information content (AvgIpc) is 2.13. The lowest BCUT2D eigenvalue weighted by Crippen LogP contribution is -1.94. The van der Waals surface area contributed by atoms with Crippen LogP contribution in [0.3, 0.4) is 0 Å². The van der Waals surface area contributed by atoms with Gasteiger partial charge in [-0.05, 0) is 19.3 Å². The van der Waals surface area contributed by atoms with Crippen LogP contribution in [0.5, 0.6) is 0 Å². The fourth-order valence-corrected chi connectivity index (χ4v) is 1.43. The van der Waals surface area contributed by atoms with Gasteiger partial charge in [-0.3, -0.25) is 0 Å². The molecule has 0 bridgehead atoms. The average molecular weight is 148 g/mol. The minimum atomic E-state index is 0.683. The summed E-state index contributed by atoms with van der Waals surface area (Å²) >= 11 is 0. The van der Waals surface area contributed by atoms with Gasteiger partial charge in [0.2, 0.25) is 0 Å². The van der Waals surface area contributed by atoms with Crippen LogP contribution in [-0.4, -0.2) is 0 Å². The minimum Gasteiger partial charge on any atom is -0.0804 e. The Morgan fingerprint density at radius 2 is 2.00 bits per heavy atom. The lowest BCUT2D eigenvalue weighted by molar-refractivity contribution is 0.739. The van der Waals surface area contributed by atoms with Crippen molar-refractivity contribution < 1.29 is 0 Å². The Bertz CT molecular complexity index is 214. The van der Waals surface area contributed by atoms with Gasteiger partial charge in [0, 0.05) is 0 Å². The Hall–Kier alpha value is -0.780. The van der Waals surface area contributed by atoms with Crippen LogP contribution in [0.25, 0.3) is 0 Å². The fraction of sp³-hybridized carbons (Fsp3) is 0.455. The van der Waals surface area contributed by atoms with Crippen LogP contribution in [0.2, 0.25) is 0 Å². The fourth-order valence-electron chi connectivity index (χ4n) is 1.43. The molecule has 0 heteroatoms. The highest BCUT2D eigenvalue weighted by Crippen LogP contribution is 2.21. The third kappa shape index (κ3) is 2.07. The van der Waals surface area contributed by atoms with Gasteiger partial charge < -0.3 is 0 Å². The molecule has 11 heavy (non-hydrogen) atoms. The van der Waals surface area contributed by atoms with E-state index in [2.05, 4.69) is 45.1 Å². The summed E-state index contributed by atoms with van der Waals surface area (Å²) in [7, 11) is 0. The molecule has 0 saturated heterocycles. The van der Waals surface area contributed by atoms with Crippen LogP contribution < -0.4 is 0 Å². The minimum absolute atomic E-state index is 0.683. The van der Waals surface area contributed by atoms with Crippen LogP contribution >= 0.6 is 0 Å². The van der Waals surface area contributed by atoms with E-state index in [1.54, 1.807) is 5.57 Å². The molecule has 1 aliphatic rings. The van der Waals surface area contributed by atoms with Crippen LogP contribution in [0.1, 0.15) is 27.2 Å². The van der Waals surface area contributed by atoms with E-state index in [1.807, 2.05) is 0 Å². The molecule has 0 aromatic rings. The first-order valence-electron chi connectivity index (χ1n) is 4.24. The molecule has 0 nitrogen and oxygen atoms in total. The van der Waals surface area contributed by atoms with Crippen molar-refractivity contribution in [2.75, 3.05) is 0 Å². The maximum absolute atomic E-state index is 2.26. The van der Waals surface area contributed by atoms with Gasteiger partial charge in [0.1, 0.15) is 0 Å². The second-order valence-electron chi connectivity index (χ2n) is 3.35. The van der Waals surface area contributed by atoms with E-state index >= 15 is 0 Å². The molecule has 0 N–H and O–H groups in total. The molecule has 0 aromatic heterocycles. The van der Waals surface area contributed by atoms with E-state index in [9.17, 15) is 0 Å². The lowest BCUT2D eigenvalue weighted by atomic mass is 9.96. The van der Waals surface area contributed by atoms with E-state index in [1.165, 1.54) is 5.57 Å². The first-order valence-corrected chi connectivity index (χ1v) is 4.24. The summed E-state index contributed by atoms with van der Waals surface area (Å²) in [5.74, 6) is 0.683. The monoisotopic (exact) mass is 148 g/mol. The highest BCUT2D eigenvalue weighted by molar-refractivity contribution is 5.31. The van der Waals surface area contributed by atoms with Crippen LogP contribution in [0.4, 0.5) is 0 Å². The van der Waals surface area contributed by atoms with Gasteiger partial charge >= 0.3 is 0 Å². The van der Waals surface area contributed by atoms with Crippen molar-refractivity contribution in [3.8, 4) is 0 Å². The van der Waals surface area contributed by atoms with Crippen molar-refractivity contribution in [3.63, 3.8) is 0 Å². The van der Waals surface area contributed by atoms with Crippen LogP contribution in [-0.2, 0) is 0 Å². The highest BCUT2D eigenvalue weighted by Gasteiger charge is 2.04. The summed E-state index contributed by atoms with van der Waals surface area (Å²) in [6.45, 7) is 6.70.